The molecule has 4 heterocycles. The lowest BCUT2D eigenvalue weighted by Gasteiger charge is -2.46. The summed E-state index contributed by atoms with van der Waals surface area (Å²) in [6, 6.07) is -0.349. The van der Waals surface area contributed by atoms with Gasteiger partial charge in [-0.25, -0.2) is 9.36 Å². The average molecular weight is 592 g/mol. The number of nitrogens with zero attached hydrogens (tertiary/aromatic N) is 4. The molecule has 4 atom stereocenters. The number of hydrogen-bond donors (Lipinski definition) is 2. The Hall–Kier alpha value is -1.64. The lowest BCUT2D eigenvalue weighted by Crippen LogP contribution is -3.00. The molecule has 0 spiro atoms. The number of likely N-dealkylation sites (N-methyl/N-ethyl adjacent to an activating group) is 1. The van der Waals surface area contributed by atoms with E-state index >= 15 is 0 Å². The average Bonchev–Trinajstić information content (AvgIpc) is 3.28. The van der Waals surface area contributed by atoms with Gasteiger partial charge in [-0.3, -0.25) is 9.59 Å². The molecule has 2 aliphatic heterocycles. The van der Waals surface area contributed by atoms with Crippen LogP contribution in [0.5, 0.6) is 0 Å². The molecule has 0 radical (unpaired) electrons. The van der Waals surface area contributed by atoms with Gasteiger partial charge in [0, 0.05) is 25.6 Å². The molecular formula is C20H25IN4O5S2. The van der Waals surface area contributed by atoms with Crippen LogP contribution in [0.15, 0.2) is 23.2 Å². The van der Waals surface area contributed by atoms with Gasteiger partial charge in [0.15, 0.2) is 6.54 Å². The van der Waals surface area contributed by atoms with Crippen molar-refractivity contribution >= 4 is 51.3 Å². The zero-order chi connectivity index (χ0) is 22.8. The monoisotopic (exact) mass is 592 g/mol. The van der Waals surface area contributed by atoms with Gasteiger partial charge in [0.05, 0.1) is 22.9 Å². The van der Waals surface area contributed by atoms with Gasteiger partial charge in [0.1, 0.15) is 11.9 Å². The third-order valence-electron chi connectivity index (χ3n) is 6.04. The SMILES string of the molecule is CSc1c2sc(C3=C(C(=O)O)N4C(=O)[C@H]([C@@H](C)O)[C@H]4[C@H]3C)c[n+]2cn1CC(=O)N(C)C.[I-]. The molecule has 2 aliphatic rings. The van der Waals surface area contributed by atoms with E-state index in [1.54, 1.807) is 21.0 Å². The molecule has 9 nitrogen and oxygen atoms in total. The van der Waals surface area contributed by atoms with Crippen LogP contribution >= 0.6 is 23.1 Å². The maximum Gasteiger partial charge on any atom is 0.352 e. The number of aromatic nitrogens is 2. The van der Waals surface area contributed by atoms with Crippen LogP contribution in [0.1, 0.15) is 18.7 Å². The largest absolute Gasteiger partial charge is 1.00 e. The number of thioether (sulfide) groups is 1. The number of aliphatic carboxylic acids is 1. The number of carboxylic acid groups (broad SMARTS) is 1. The molecule has 2 aromatic rings. The summed E-state index contributed by atoms with van der Waals surface area (Å²) in [6.45, 7) is 3.69. The summed E-state index contributed by atoms with van der Waals surface area (Å²) in [5.74, 6) is -2.31. The van der Waals surface area contributed by atoms with Crippen molar-refractivity contribution in [2.45, 2.75) is 37.6 Å². The molecule has 32 heavy (non-hydrogen) atoms. The highest BCUT2D eigenvalue weighted by Crippen LogP contribution is 2.51. The van der Waals surface area contributed by atoms with E-state index in [0.717, 1.165) is 14.7 Å². The maximum atomic E-state index is 12.6. The lowest BCUT2D eigenvalue weighted by molar-refractivity contribution is -0.508. The summed E-state index contributed by atoms with van der Waals surface area (Å²) in [5, 5.41) is 20.8. The number of β-lactam (4-membered cyclic amide) rings is 1. The number of hydrogen-bond acceptors (Lipinski definition) is 6. The Morgan fingerprint density at radius 3 is 2.56 bits per heavy atom. The number of aliphatic hydroxyl groups is 1. The minimum Gasteiger partial charge on any atom is -1.00 e. The van der Waals surface area contributed by atoms with Gasteiger partial charge >= 0.3 is 5.97 Å². The summed E-state index contributed by atoms with van der Waals surface area (Å²) in [4.78, 5) is 41.4. The van der Waals surface area contributed by atoms with E-state index < -0.39 is 18.0 Å². The van der Waals surface area contributed by atoms with Crippen molar-refractivity contribution in [2.24, 2.45) is 11.8 Å². The smallest absolute Gasteiger partial charge is 0.352 e. The molecule has 2 N–H and O–H groups in total. The van der Waals surface area contributed by atoms with Gasteiger partial charge in [-0.05, 0) is 13.2 Å². The predicted molar refractivity (Wildman–Crippen MR) is 115 cm³/mol. The van der Waals surface area contributed by atoms with Crippen LogP contribution in [0.4, 0.5) is 0 Å². The van der Waals surface area contributed by atoms with E-state index in [4.69, 9.17) is 0 Å². The fourth-order valence-corrected chi connectivity index (χ4v) is 6.73. The van der Waals surface area contributed by atoms with Crippen molar-refractivity contribution < 1.29 is 53.0 Å². The summed E-state index contributed by atoms with van der Waals surface area (Å²) in [6.07, 6.45) is 4.80. The second-order valence-corrected chi connectivity index (χ2v) is 10.00. The van der Waals surface area contributed by atoms with Crippen molar-refractivity contribution in [3.8, 4) is 0 Å². The molecule has 12 heteroatoms. The highest BCUT2D eigenvalue weighted by Gasteiger charge is 2.60. The first kappa shape index (κ1) is 25.0. The molecule has 0 bridgehead atoms. The van der Waals surface area contributed by atoms with Gasteiger partial charge in [0.25, 0.3) is 12.2 Å². The lowest BCUT2D eigenvalue weighted by atomic mass is 9.77. The molecule has 0 aliphatic carbocycles. The number of halogens is 1. The van der Waals surface area contributed by atoms with Crippen molar-refractivity contribution in [3.05, 3.63) is 23.1 Å². The van der Waals surface area contributed by atoms with Crippen LogP contribution in [-0.2, 0) is 20.9 Å². The Labute approximate surface area is 210 Å². The van der Waals surface area contributed by atoms with E-state index in [-0.39, 0.29) is 60.0 Å². The Bertz CT molecular complexity index is 1140. The van der Waals surface area contributed by atoms with Gasteiger partial charge in [-0.15, -0.1) is 0 Å². The van der Waals surface area contributed by atoms with E-state index in [1.807, 2.05) is 34.7 Å². The van der Waals surface area contributed by atoms with E-state index in [0.29, 0.717) is 5.57 Å². The first-order valence-corrected chi connectivity index (χ1v) is 11.9. The number of thiazole rings is 1. The Morgan fingerprint density at radius 2 is 2.03 bits per heavy atom. The Kier molecular flexibility index (Phi) is 6.99. The highest BCUT2D eigenvalue weighted by atomic mass is 127. The molecule has 1 saturated heterocycles. The molecular weight excluding hydrogens is 567 g/mol. The molecule has 0 unspecified atom stereocenters. The number of carbonyl (C=O) groups is 3. The van der Waals surface area contributed by atoms with Gasteiger partial charge in [-0.1, -0.05) is 30.0 Å². The third-order valence-corrected chi connectivity index (χ3v) is 8.13. The zero-order valence-corrected chi connectivity index (χ0v) is 22.1. The second kappa shape index (κ2) is 8.95. The summed E-state index contributed by atoms with van der Waals surface area (Å²) < 4.78 is 3.78. The number of rotatable bonds is 6. The first-order chi connectivity index (χ1) is 14.6. The van der Waals surface area contributed by atoms with Crippen LogP contribution in [-0.4, -0.2) is 74.9 Å². The van der Waals surface area contributed by atoms with Crippen LogP contribution in [0.25, 0.3) is 10.4 Å². The van der Waals surface area contributed by atoms with E-state index in [9.17, 15) is 24.6 Å². The van der Waals surface area contributed by atoms with E-state index in [1.165, 1.54) is 32.9 Å². The predicted octanol–water partition coefficient (Wildman–Crippen LogP) is -2.24. The Morgan fingerprint density at radius 1 is 1.38 bits per heavy atom. The first-order valence-electron chi connectivity index (χ1n) is 9.85. The Balaban J connectivity index is 0.00000289. The van der Waals surface area contributed by atoms with Crippen LogP contribution in [0.3, 0.4) is 0 Å². The van der Waals surface area contributed by atoms with Crippen molar-refractivity contribution in [2.75, 3.05) is 20.4 Å². The third kappa shape index (κ3) is 3.64. The maximum absolute atomic E-state index is 12.6. The summed E-state index contributed by atoms with van der Waals surface area (Å²) in [7, 11) is 3.43. The highest BCUT2D eigenvalue weighted by molar-refractivity contribution is 7.98. The van der Waals surface area contributed by atoms with Crippen molar-refractivity contribution in [3.63, 3.8) is 0 Å². The molecule has 2 aromatic heterocycles. The molecule has 1 fully saturated rings. The standard InChI is InChI=1S/C20H24N4O5S2.HI/c1-9-13(16(20(28)29)24-15(9)14(10(2)25)17(24)27)11-6-22-8-23(7-12(26)21(3)4)18(30-5)19(22)31-11;/h6,8-10,14-15,25H,7H2,1-5H3;1H/t9-,10+,14+,15+;/m0./s1. The topological polar surface area (TPSA) is 107 Å². The zero-order valence-electron chi connectivity index (χ0n) is 18.3. The summed E-state index contributed by atoms with van der Waals surface area (Å²) >= 11 is 2.96. The van der Waals surface area contributed by atoms with Crippen molar-refractivity contribution in [1.82, 2.24) is 14.4 Å². The second-order valence-electron chi connectivity index (χ2n) is 8.17. The molecule has 0 aromatic carbocycles. The van der Waals surface area contributed by atoms with Crippen LogP contribution in [0, 0.1) is 11.8 Å². The number of carbonyl (C=O) groups excluding carboxylic acids is 2. The molecule has 0 saturated carbocycles. The molecule has 2 amide bonds. The minimum absolute atomic E-state index is 0. The number of fused-ring (bicyclic) bond motifs is 2. The summed E-state index contributed by atoms with van der Waals surface area (Å²) in [5.41, 5.74) is 0.621. The fraction of sp³-hybridized carbons (Fsp3) is 0.500. The number of imidazole rings is 1. The normalized spacial score (nSPS) is 23.1. The van der Waals surface area contributed by atoms with E-state index in [2.05, 4.69) is 0 Å². The number of carboxylic acids is 1. The van der Waals surface area contributed by atoms with Crippen LogP contribution in [0.2, 0.25) is 0 Å². The fourth-order valence-electron chi connectivity index (χ4n) is 4.56. The van der Waals surface area contributed by atoms with Crippen molar-refractivity contribution in [1.29, 1.82) is 0 Å². The molecule has 174 valence electrons. The quantitative estimate of drug-likeness (QED) is 0.170. The molecule has 4 rings (SSSR count). The van der Waals surface area contributed by atoms with Gasteiger partial charge in [0.2, 0.25) is 15.8 Å². The van der Waals surface area contributed by atoms with Gasteiger partial charge < -0.3 is 44.0 Å². The van der Waals surface area contributed by atoms with Gasteiger partial charge in [-0.2, -0.15) is 4.40 Å². The minimum atomic E-state index is -1.14. The number of aliphatic hydroxyl groups excluding tert-OH is 1. The van der Waals surface area contributed by atoms with Crippen LogP contribution < -0.4 is 28.4 Å². The number of amides is 2.